The van der Waals surface area contributed by atoms with Gasteiger partial charge in [-0.1, -0.05) is 6.92 Å². The van der Waals surface area contributed by atoms with Crippen LogP contribution in [0.2, 0.25) is 0 Å². The first-order valence-corrected chi connectivity index (χ1v) is 1.80. The Morgan fingerprint density at radius 1 is 1.83 bits per heavy atom. The highest BCUT2D eigenvalue weighted by atomic mass is 16.9. The Bertz CT molecular complexity index is 28.0. The van der Waals surface area contributed by atoms with Crippen LogP contribution in [0.25, 0.3) is 0 Å². The summed E-state index contributed by atoms with van der Waals surface area (Å²) in [6.07, 6.45) is 0. The number of hydroxylamine groups is 2. The average molecular weight is 90.1 g/mol. The van der Waals surface area contributed by atoms with Gasteiger partial charge in [0.15, 0.2) is 0 Å². The van der Waals surface area contributed by atoms with Crippen molar-refractivity contribution in [3.63, 3.8) is 0 Å². The van der Waals surface area contributed by atoms with Gasteiger partial charge in [-0.25, -0.2) is 0 Å². The molecule has 0 rings (SSSR count). The van der Waals surface area contributed by atoms with Crippen molar-refractivity contribution < 1.29 is 4.84 Å². The van der Waals surface area contributed by atoms with Gasteiger partial charge in [-0.3, -0.25) is 5.23 Å². The van der Waals surface area contributed by atoms with E-state index < -0.39 is 0 Å². The molecule has 0 aliphatic carbocycles. The zero-order valence-electron chi connectivity index (χ0n) is 3.97. The van der Waals surface area contributed by atoms with Gasteiger partial charge < -0.3 is 10.0 Å². The van der Waals surface area contributed by atoms with Gasteiger partial charge >= 0.3 is 0 Å². The third-order valence-electron chi connectivity index (χ3n) is 0.462. The maximum absolute atomic E-state index is 9.88. The first-order chi connectivity index (χ1) is 2.81. The molecular weight excluding hydrogens is 82.0 g/mol. The Labute approximate surface area is 37.0 Å². The molecule has 0 aliphatic rings. The fraction of sp³-hybridized carbons (Fsp3) is 1.00. The van der Waals surface area contributed by atoms with Gasteiger partial charge in [0.05, 0.1) is 7.11 Å². The van der Waals surface area contributed by atoms with E-state index in [-0.39, 0.29) is 0 Å². The maximum atomic E-state index is 9.88. The van der Waals surface area contributed by atoms with Gasteiger partial charge in [0.2, 0.25) is 0 Å². The van der Waals surface area contributed by atoms with E-state index in [1.807, 2.05) is 0 Å². The molecule has 3 nitrogen and oxygen atoms in total. The quantitative estimate of drug-likeness (QED) is 0.459. The molecule has 0 aromatic rings. The molecule has 0 fully saturated rings. The molecule has 3 heteroatoms. The van der Waals surface area contributed by atoms with Crippen molar-refractivity contribution in [3.8, 4) is 0 Å². The van der Waals surface area contributed by atoms with Crippen molar-refractivity contribution in [3.05, 3.63) is 5.21 Å². The van der Waals surface area contributed by atoms with Crippen LogP contribution in [0.15, 0.2) is 0 Å². The van der Waals surface area contributed by atoms with Crippen molar-refractivity contribution in [1.29, 1.82) is 0 Å². The van der Waals surface area contributed by atoms with Crippen LogP contribution in [0.1, 0.15) is 6.92 Å². The minimum absolute atomic E-state index is 0.385. The lowest BCUT2D eigenvalue weighted by Crippen LogP contribution is -2.12. The highest BCUT2D eigenvalue weighted by Gasteiger charge is 1.72. The molecule has 0 bridgehead atoms. The fourth-order valence-electron chi connectivity index (χ4n) is 0.129. The summed E-state index contributed by atoms with van der Waals surface area (Å²) >= 11 is 0. The van der Waals surface area contributed by atoms with E-state index in [4.69, 9.17) is 0 Å². The predicted octanol–water partition coefficient (Wildman–Crippen LogP) is 0.367. The topological polar surface area (TPSA) is 35.5 Å². The van der Waals surface area contributed by atoms with Crippen LogP contribution >= 0.6 is 0 Å². The molecule has 0 saturated heterocycles. The lowest BCUT2D eigenvalue weighted by Gasteiger charge is -2.21. The SMILES string of the molecule is CCN([O-])OC. The Morgan fingerprint density at radius 3 is 2.33 bits per heavy atom. The second-order valence-electron chi connectivity index (χ2n) is 0.832. The molecule has 38 valence electrons. The highest BCUT2D eigenvalue weighted by molar-refractivity contribution is 4.30. The standard InChI is InChI=1S/C3H8NO2/c1-3-4(5)6-2/h3H2,1-2H3/q-1. The maximum Gasteiger partial charge on any atom is 0.0563 e. The van der Waals surface area contributed by atoms with Gasteiger partial charge in [-0.05, 0) is 0 Å². The summed E-state index contributed by atoms with van der Waals surface area (Å²) in [5.41, 5.74) is 0. The second-order valence-corrected chi connectivity index (χ2v) is 0.832. The molecule has 0 N–H and O–H groups in total. The number of nitrogens with zero attached hydrogens (tertiary/aromatic N) is 1. The molecule has 0 radical (unpaired) electrons. The Balaban J connectivity index is 2.75. The normalized spacial score (nSPS) is 10.0. The lowest BCUT2D eigenvalue weighted by atomic mass is 10.8. The second kappa shape index (κ2) is 3.08. The molecule has 0 unspecified atom stereocenters. The van der Waals surface area contributed by atoms with E-state index in [0.29, 0.717) is 11.8 Å². The molecule has 0 spiro atoms. The zero-order valence-corrected chi connectivity index (χ0v) is 3.97. The Hall–Kier alpha value is -0.120. The van der Waals surface area contributed by atoms with E-state index in [1.165, 1.54) is 7.11 Å². The van der Waals surface area contributed by atoms with Crippen LogP contribution in [0.4, 0.5) is 0 Å². The minimum atomic E-state index is 0.385. The number of hydrogen-bond acceptors (Lipinski definition) is 3. The summed E-state index contributed by atoms with van der Waals surface area (Å²) < 4.78 is 0. The number of hydrogen-bond donors (Lipinski definition) is 0. The van der Waals surface area contributed by atoms with Crippen molar-refractivity contribution in [1.82, 2.24) is 5.23 Å². The van der Waals surface area contributed by atoms with Crippen LogP contribution in [0.3, 0.4) is 0 Å². The molecular formula is C3H8NO2-. The summed E-state index contributed by atoms with van der Waals surface area (Å²) in [6.45, 7) is 2.10. The van der Waals surface area contributed by atoms with Crippen LogP contribution in [-0.4, -0.2) is 18.9 Å². The van der Waals surface area contributed by atoms with E-state index in [9.17, 15) is 5.21 Å². The van der Waals surface area contributed by atoms with Gasteiger partial charge in [0.1, 0.15) is 0 Å². The molecule has 0 aliphatic heterocycles. The van der Waals surface area contributed by atoms with Crippen molar-refractivity contribution in [2.75, 3.05) is 13.7 Å². The van der Waals surface area contributed by atoms with Crippen LogP contribution in [-0.2, 0) is 4.84 Å². The van der Waals surface area contributed by atoms with Gasteiger partial charge in [-0.2, -0.15) is 0 Å². The predicted molar refractivity (Wildman–Crippen MR) is 22.8 cm³/mol. The van der Waals surface area contributed by atoms with Gasteiger partial charge in [0.25, 0.3) is 0 Å². The Morgan fingerprint density at radius 2 is 2.33 bits per heavy atom. The third-order valence-corrected chi connectivity index (χ3v) is 0.462. The van der Waals surface area contributed by atoms with Gasteiger partial charge in [0, 0.05) is 6.54 Å². The van der Waals surface area contributed by atoms with Gasteiger partial charge in [-0.15, -0.1) is 0 Å². The average Bonchev–Trinajstić information content (AvgIpc) is 1.65. The minimum Gasteiger partial charge on any atom is -0.762 e. The van der Waals surface area contributed by atoms with Crippen molar-refractivity contribution in [2.45, 2.75) is 6.92 Å². The van der Waals surface area contributed by atoms with E-state index in [2.05, 4.69) is 4.84 Å². The summed E-state index contributed by atoms with van der Waals surface area (Å²) in [5.74, 6) is 0. The summed E-state index contributed by atoms with van der Waals surface area (Å²) in [7, 11) is 1.34. The molecule has 0 heterocycles. The molecule has 0 aromatic heterocycles. The monoisotopic (exact) mass is 90.1 g/mol. The highest BCUT2D eigenvalue weighted by Crippen LogP contribution is 1.76. The van der Waals surface area contributed by atoms with Crippen LogP contribution in [0.5, 0.6) is 0 Å². The molecule has 0 amide bonds. The largest absolute Gasteiger partial charge is 0.762 e. The summed E-state index contributed by atoms with van der Waals surface area (Å²) in [6, 6.07) is 0. The first kappa shape index (κ1) is 5.88. The zero-order chi connectivity index (χ0) is 4.99. The van der Waals surface area contributed by atoms with Crippen molar-refractivity contribution in [2.24, 2.45) is 0 Å². The van der Waals surface area contributed by atoms with Crippen LogP contribution in [0, 0.1) is 5.21 Å². The smallest absolute Gasteiger partial charge is 0.0563 e. The third kappa shape index (κ3) is 2.14. The summed E-state index contributed by atoms with van der Waals surface area (Å²) in [4.78, 5) is 4.18. The molecule has 0 saturated carbocycles. The lowest BCUT2D eigenvalue weighted by molar-refractivity contribution is -0.0831. The fourth-order valence-corrected chi connectivity index (χ4v) is 0.129. The van der Waals surface area contributed by atoms with E-state index in [1.54, 1.807) is 6.92 Å². The molecule has 6 heavy (non-hydrogen) atoms. The Kier molecular flexibility index (Phi) is 3.02. The van der Waals surface area contributed by atoms with E-state index >= 15 is 0 Å². The first-order valence-electron chi connectivity index (χ1n) is 1.80. The van der Waals surface area contributed by atoms with E-state index in [0.717, 1.165) is 0 Å². The molecule has 0 aromatic carbocycles. The summed E-state index contributed by atoms with van der Waals surface area (Å²) in [5, 5.41) is 10.4. The van der Waals surface area contributed by atoms with Crippen LogP contribution < -0.4 is 0 Å². The van der Waals surface area contributed by atoms with Crippen molar-refractivity contribution >= 4 is 0 Å². The number of rotatable bonds is 2. The molecule has 0 atom stereocenters.